The Kier molecular flexibility index (Phi) is 3.44. The van der Waals surface area contributed by atoms with Crippen LogP contribution in [0.25, 0.3) is 0 Å². The van der Waals surface area contributed by atoms with Crippen LogP contribution in [0.15, 0.2) is 0 Å². The molecule has 2 nitrogen and oxygen atoms in total. The maximum Gasteiger partial charge on any atom is 0.0718 e. The summed E-state index contributed by atoms with van der Waals surface area (Å²) in [6.07, 6.45) is 0. The van der Waals surface area contributed by atoms with Crippen molar-refractivity contribution in [1.29, 1.82) is 0 Å². The van der Waals surface area contributed by atoms with Gasteiger partial charge in [0.15, 0.2) is 0 Å². The van der Waals surface area contributed by atoms with Gasteiger partial charge in [0.2, 0.25) is 0 Å². The van der Waals surface area contributed by atoms with Gasteiger partial charge in [-0.3, -0.25) is 4.90 Å². The van der Waals surface area contributed by atoms with E-state index in [4.69, 9.17) is 0 Å². The molecule has 1 N–H and O–H groups in total. The van der Waals surface area contributed by atoms with Crippen molar-refractivity contribution in [1.82, 2.24) is 4.90 Å². The smallest absolute Gasteiger partial charge is 0.0718 e. The lowest BCUT2D eigenvalue weighted by atomic mass is 10.1. The van der Waals surface area contributed by atoms with E-state index in [1.54, 1.807) is 0 Å². The van der Waals surface area contributed by atoms with E-state index in [2.05, 4.69) is 11.8 Å². The third-order valence-corrected chi connectivity index (χ3v) is 3.07. The van der Waals surface area contributed by atoms with E-state index in [1.807, 2.05) is 25.6 Å². The van der Waals surface area contributed by atoms with Crippen LogP contribution in [0.1, 0.15) is 20.8 Å². The monoisotopic (exact) mass is 189 g/mol. The second-order valence-corrected chi connectivity index (χ2v) is 5.78. The van der Waals surface area contributed by atoms with E-state index < -0.39 is 5.60 Å². The zero-order chi connectivity index (χ0) is 9.19. The van der Waals surface area contributed by atoms with Crippen molar-refractivity contribution in [2.24, 2.45) is 0 Å². The molecule has 0 aliphatic carbocycles. The summed E-state index contributed by atoms with van der Waals surface area (Å²) in [6, 6.07) is 0. The van der Waals surface area contributed by atoms with E-state index >= 15 is 0 Å². The summed E-state index contributed by atoms with van der Waals surface area (Å²) < 4.78 is 0. The molecular formula is C9H19NOS. The predicted octanol–water partition coefficient (Wildman–Crippen LogP) is 1.19. The van der Waals surface area contributed by atoms with Crippen LogP contribution >= 0.6 is 11.8 Å². The number of hydrogen-bond acceptors (Lipinski definition) is 3. The molecule has 0 aromatic carbocycles. The van der Waals surface area contributed by atoms with Crippen molar-refractivity contribution in [3.05, 3.63) is 0 Å². The van der Waals surface area contributed by atoms with Gasteiger partial charge in [0.05, 0.1) is 5.60 Å². The summed E-state index contributed by atoms with van der Waals surface area (Å²) in [4.78, 5) is 2.35. The lowest BCUT2D eigenvalue weighted by Crippen LogP contribution is -2.44. The first-order valence-electron chi connectivity index (χ1n) is 4.54. The molecule has 0 radical (unpaired) electrons. The van der Waals surface area contributed by atoms with Crippen molar-refractivity contribution >= 4 is 11.8 Å². The maximum atomic E-state index is 9.61. The van der Waals surface area contributed by atoms with Crippen LogP contribution in [0, 0.1) is 0 Å². The van der Waals surface area contributed by atoms with Crippen molar-refractivity contribution < 1.29 is 5.11 Å². The molecule has 1 unspecified atom stereocenters. The van der Waals surface area contributed by atoms with E-state index in [9.17, 15) is 5.11 Å². The van der Waals surface area contributed by atoms with Crippen molar-refractivity contribution in [2.75, 3.05) is 25.4 Å². The molecule has 3 heteroatoms. The van der Waals surface area contributed by atoms with Gasteiger partial charge in [-0.2, -0.15) is 11.8 Å². The van der Waals surface area contributed by atoms with Crippen LogP contribution in [-0.2, 0) is 0 Å². The number of rotatable bonds is 2. The Hall–Kier alpha value is 0.270. The van der Waals surface area contributed by atoms with Gasteiger partial charge in [0.25, 0.3) is 0 Å². The van der Waals surface area contributed by atoms with E-state index in [-0.39, 0.29) is 0 Å². The standard InChI is InChI=1S/C9H19NOS/c1-8-6-10(4-5-12-8)7-9(2,3)11/h8,11H,4-7H2,1-3H3. The van der Waals surface area contributed by atoms with Gasteiger partial charge in [-0.05, 0) is 13.8 Å². The third kappa shape index (κ3) is 3.78. The summed E-state index contributed by atoms with van der Waals surface area (Å²) >= 11 is 2.02. The molecule has 0 bridgehead atoms. The summed E-state index contributed by atoms with van der Waals surface area (Å²) in [5.41, 5.74) is -0.540. The number of hydrogen-bond donors (Lipinski definition) is 1. The average molecular weight is 189 g/mol. The molecule has 1 saturated heterocycles. The number of β-amino-alcohol motifs (C(OH)–C–C–N with tert-alkyl or cyclic N) is 1. The Bertz CT molecular complexity index is 144. The number of aliphatic hydroxyl groups is 1. The Morgan fingerprint density at radius 1 is 1.58 bits per heavy atom. The highest BCUT2D eigenvalue weighted by atomic mass is 32.2. The quantitative estimate of drug-likeness (QED) is 0.706. The SMILES string of the molecule is CC1CN(CC(C)(C)O)CCS1. The number of nitrogens with zero attached hydrogens (tertiary/aromatic N) is 1. The van der Waals surface area contributed by atoms with E-state index in [0.717, 1.165) is 24.9 Å². The largest absolute Gasteiger partial charge is 0.389 e. The lowest BCUT2D eigenvalue weighted by Gasteiger charge is -2.34. The van der Waals surface area contributed by atoms with Crippen LogP contribution in [0.5, 0.6) is 0 Å². The fourth-order valence-corrected chi connectivity index (χ4v) is 2.66. The second-order valence-electron chi connectivity index (χ2n) is 4.23. The van der Waals surface area contributed by atoms with E-state index in [0.29, 0.717) is 0 Å². The van der Waals surface area contributed by atoms with Gasteiger partial charge in [0, 0.05) is 30.6 Å². The van der Waals surface area contributed by atoms with Crippen LogP contribution in [0.4, 0.5) is 0 Å². The van der Waals surface area contributed by atoms with Gasteiger partial charge in [-0.15, -0.1) is 0 Å². The first-order valence-corrected chi connectivity index (χ1v) is 5.58. The van der Waals surface area contributed by atoms with Crippen LogP contribution < -0.4 is 0 Å². The molecule has 12 heavy (non-hydrogen) atoms. The minimum Gasteiger partial charge on any atom is -0.389 e. The van der Waals surface area contributed by atoms with Gasteiger partial charge in [0.1, 0.15) is 0 Å². The van der Waals surface area contributed by atoms with Gasteiger partial charge < -0.3 is 5.11 Å². The van der Waals surface area contributed by atoms with Crippen molar-refractivity contribution in [2.45, 2.75) is 31.6 Å². The van der Waals surface area contributed by atoms with Gasteiger partial charge >= 0.3 is 0 Å². The highest BCUT2D eigenvalue weighted by molar-refractivity contribution is 7.99. The Labute approximate surface area is 79.3 Å². The molecule has 1 fully saturated rings. The molecule has 1 aliphatic heterocycles. The van der Waals surface area contributed by atoms with Crippen LogP contribution in [0.2, 0.25) is 0 Å². The molecule has 0 amide bonds. The number of thioether (sulfide) groups is 1. The molecule has 72 valence electrons. The fraction of sp³-hybridized carbons (Fsp3) is 1.00. The Morgan fingerprint density at radius 3 is 2.75 bits per heavy atom. The highest BCUT2D eigenvalue weighted by Crippen LogP contribution is 2.19. The first-order chi connectivity index (χ1) is 5.47. The zero-order valence-electron chi connectivity index (χ0n) is 8.21. The summed E-state index contributed by atoms with van der Waals surface area (Å²) in [5, 5.41) is 10.3. The molecule has 1 heterocycles. The highest BCUT2D eigenvalue weighted by Gasteiger charge is 2.22. The summed E-state index contributed by atoms with van der Waals surface area (Å²) in [5.74, 6) is 1.21. The third-order valence-electron chi connectivity index (χ3n) is 1.94. The van der Waals surface area contributed by atoms with Crippen LogP contribution in [-0.4, -0.2) is 46.2 Å². The molecule has 1 aliphatic rings. The fourth-order valence-electron chi connectivity index (χ4n) is 1.58. The minimum absolute atomic E-state index is 0.540. The van der Waals surface area contributed by atoms with Crippen LogP contribution in [0.3, 0.4) is 0 Å². The average Bonchev–Trinajstić information content (AvgIpc) is 1.82. The first kappa shape index (κ1) is 10.4. The van der Waals surface area contributed by atoms with Gasteiger partial charge in [-0.25, -0.2) is 0 Å². The zero-order valence-corrected chi connectivity index (χ0v) is 9.02. The molecule has 1 atom stereocenters. The molecule has 0 aromatic rings. The maximum absolute atomic E-state index is 9.61. The Balaban J connectivity index is 2.32. The Morgan fingerprint density at radius 2 is 2.25 bits per heavy atom. The van der Waals surface area contributed by atoms with Gasteiger partial charge in [-0.1, -0.05) is 6.92 Å². The molecule has 0 saturated carbocycles. The molecular weight excluding hydrogens is 170 g/mol. The molecule has 0 spiro atoms. The summed E-state index contributed by atoms with van der Waals surface area (Å²) in [6.45, 7) is 9.05. The predicted molar refractivity (Wildman–Crippen MR) is 54.7 cm³/mol. The summed E-state index contributed by atoms with van der Waals surface area (Å²) in [7, 11) is 0. The van der Waals surface area contributed by atoms with E-state index in [1.165, 1.54) is 5.75 Å². The second kappa shape index (κ2) is 3.99. The lowest BCUT2D eigenvalue weighted by molar-refractivity contribution is 0.0377. The van der Waals surface area contributed by atoms with Crippen molar-refractivity contribution in [3.8, 4) is 0 Å². The normalized spacial score (nSPS) is 27.5. The molecule has 0 aromatic heterocycles. The topological polar surface area (TPSA) is 23.5 Å². The van der Waals surface area contributed by atoms with Crippen molar-refractivity contribution in [3.63, 3.8) is 0 Å². The molecule has 1 rings (SSSR count). The minimum atomic E-state index is -0.540.